The van der Waals surface area contributed by atoms with Gasteiger partial charge in [0.1, 0.15) is 0 Å². The molecule has 0 unspecified atom stereocenters. The largest absolute Gasteiger partial charge is 0.266 e. The van der Waals surface area contributed by atoms with Gasteiger partial charge >= 0.3 is 0 Å². The fraction of sp³-hybridized carbons (Fsp3) is 0.500. The molecule has 0 aromatic rings. The first-order valence-corrected chi connectivity index (χ1v) is 3.48. The van der Waals surface area contributed by atoms with E-state index in [4.69, 9.17) is 0 Å². The number of hydrogen-bond donors (Lipinski definition) is 0. The van der Waals surface area contributed by atoms with Crippen LogP contribution in [0.3, 0.4) is 0 Å². The Morgan fingerprint density at radius 1 is 1.50 bits per heavy atom. The number of rotatable bonds is 1. The molecule has 0 spiro atoms. The van der Waals surface area contributed by atoms with Crippen LogP contribution in [-0.4, -0.2) is 0 Å². The number of halogens is 2. The zero-order valence-corrected chi connectivity index (χ0v) is 5.43. The number of hydrogen-bond acceptors (Lipinski definition) is 0. The summed E-state index contributed by atoms with van der Waals surface area (Å²) >= 11 is 0. The summed E-state index contributed by atoms with van der Waals surface area (Å²) in [6, 6.07) is 0. The van der Waals surface area contributed by atoms with Crippen molar-refractivity contribution in [2.24, 2.45) is 17.8 Å². The lowest BCUT2D eigenvalue weighted by molar-refractivity contribution is 0.415. The van der Waals surface area contributed by atoms with Gasteiger partial charge in [0.15, 0.2) is 0 Å². The van der Waals surface area contributed by atoms with E-state index < -0.39 is 6.08 Å². The first kappa shape index (κ1) is 6.08. The van der Waals surface area contributed by atoms with Gasteiger partial charge < -0.3 is 0 Å². The minimum atomic E-state index is -1.52. The van der Waals surface area contributed by atoms with Gasteiger partial charge in [-0.1, -0.05) is 12.2 Å². The van der Waals surface area contributed by atoms with Crippen molar-refractivity contribution in [1.29, 1.82) is 0 Å². The molecule has 2 aliphatic rings. The molecule has 0 aromatic carbocycles. The summed E-state index contributed by atoms with van der Waals surface area (Å²) in [6.45, 7) is 0. The fourth-order valence-corrected chi connectivity index (χ4v) is 1.79. The van der Waals surface area contributed by atoms with E-state index >= 15 is 0 Å². The maximum Gasteiger partial charge on any atom is 0.266 e. The van der Waals surface area contributed by atoms with Gasteiger partial charge in [-0.15, -0.1) is 0 Å². The van der Waals surface area contributed by atoms with Crippen molar-refractivity contribution in [3.05, 3.63) is 24.3 Å². The molecule has 0 aromatic heterocycles. The van der Waals surface area contributed by atoms with Crippen molar-refractivity contribution in [3.63, 3.8) is 0 Å². The molecule has 0 radical (unpaired) electrons. The van der Waals surface area contributed by atoms with Gasteiger partial charge in [-0.25, -0.2) is 0 Å². The van der Waals surface area contributed by atoms with Crippen LogP contribution in [0, 0.1) is 17.8 Å². The van der Waals surface area contributed by atoms with Crippen LogP contribution >= 0.6 is 0 Å². The SMILES string of the molecule is FC(F)=C[C@H]1[C@H]2C=CC[C@H]21. The summed E-state index contributed by atoms with van der Waals surface area (Å²) in [7, 11) is 0. The van der Waals surface area contributed by atoms with Gasteiger partial charge in [0.25, 0.3) is 6.08 Å². The normalized spacial score (nSPS) is 41.2. The fourth-order valence-electron chi connectivity index (χ4n) is 1.79. The second-order valence-corrected chi connectivity index (χ2v) is 2.94. The summed E-state index contributed by atoms with van der Waals surface area (Å²) in [5.41, 5.74) is 0. The maximum absolute atomic E-state index is 11.7. The van der Waals surface area contributed by atoms with Crippen LogP contribution in [0.25, 0.3) is 0 Å². The monoisotopic (exact) mass is 142 g/mol. The van der Waals surface area contributed by atoms with E-state index in [1.165, 1.54) is 0 Å². The van der Waals surface area contributed by atoms with E-state index in [0.717, 1.165) is 12.5 Å². The molecule has 3 atom stereocenters. The standard InChI is InChI=1S/C8H8F2/c9-8(10)4-7-5-2-1-3-6(5)7/h1-2,4-7H,3H2/t5-,6+,7-/m0/s1. The smallest absolute Gasteiger partial charge is 0.174 e. The molecular weight excluding hydrogens is 134 g/mol. The van der Waals surface area contributed by atoms with Crippen LogP contribution < -0.4 is 0 Å². The highest BCUT2D eigenvalue weighted by Crippen LogP contribution is 2.54. The predicted molar refractivity (Wildman–Crippen MR) is 34.5 cm³/mol. The zero-order valence-electron chi connectivity index (χ0n) is 5.43. The van der Waals surface area contributed by atoms with Gasteiger partial charge in [0, 0.05) is 0 Å². The first-order chi connectivity index (χ1) is 4.79. The van der Waals surface area contributed by atoms with Crippen LogP contribution in [-0.2, 0) is 0 Å². The number of allylic oxidation sites excluding steroid dienone is 3. The highest BCUT2D eigenvalue weighted by atomic mass is 19.3. The minimum Gasteiger partial charge on any atom is -0.174 e. The Kier molecular flexibility index (Phi) is 1.16. The Bertz CT molecular complexity index is 201. The van der Waals surface area contributed by atoms with Gasteiger partial charge in [-0.05, 0) is 30.3 Å². The Morgan fingerprint density at radius 2 is 2.30 bits per heavy atom. The topological polar surface area (TPSA) is 0 Å². The second kappa shape index (κ2) is 1.91. The molecule has 0 amide bonds. The lowest BCUT2D eigenvalue weighted by Crippen LogP contribution is -1.77. The van der Waals surface area contributed by atoms with Crippen molar-refractivity contribution in [1.82, 2.24) is 0 Å². The van der Waals surface area contributed by atoms with Gasteiger partial charge in [0.05, 0.1) is 0 Å². The molecule has 0 saturated heterocycles. The summed E-state index contributed by atoms with van der Waals surface area (Å²) in [4.78, 5) is 0. The van der Waals surface area contributed by atoms with Crippen LogP contribution in [0.1, 0.15) is 6.42 Å². The second-order valence-electron chi connectivity index (χ2n) is 2.94. The van der Waals surface area contributed by atoms with E-state index in [1.807, 2.05) is 0 Å². The lowest BCUT2D eigenvalue weighted by atomic mass is 10.2. The van der Waals surface area contributed by atoms with Gasteiger partial charge in [0.2, 0.25) is 0 Å². The third-order valence-corrected chi connectivity index (χ3v) is 2.38. The van der Waals surface area contributed by atoms with Gasteiger partial charge in [-0.2, -0.15) is 8.78 Å². The first-order valence-electron chi connectivity index (χ1n) is 3.48. The van der Waals surface area contributed by atoms with Crippen LogP contribution in [0.4, 0.5) is 8.78 Å². The average molecular weight is 142 g/mol. The van der Waals surface area contributed by atoms with E-state index in [1.54, 1.807) is 0 Å². The van der Waals surface area contributed by atoms with Crippen molar-refractivity contribution < 1.29 is 8.78 Å². The summed E-state index contributed by atoms with van der Waals surface area (Å²) in [5.74, 6) is 1.12. The number of fused-ring (bicyclic) bond motifs is 1. The molecule has 0 heterocycles. The van der Waals surface area contributed by atoms with Crippen molar-refractivity contribution in [3.8, 4) is 0 Å². The van der Waals surface area contributed by atoms with Gasteiger partial charge in [-0.3, -0.25) is 0 Å². The molecule has 2 heteroatoms. The zero-order chi connectivity index (χ0) is 7.14. The van der Waals surface area contributed by atoms with Crippen molar-refractivity contribution >= 4 is 0 Å². The van der Waals surface area contributed by atoms with Crippen LogP contribution in [0.2, 0.25) is 0 Å². The average Bonchev–Trinajstić information content (AvgIpc) is 2.40. The van der Waals surface area contributed by atoms with Crippen molar-refractivity contribution in [2.45, 2.75) is 6.42 Å². The highest BCUT2D eigenvalue weighted by Gasteiger charge is 2.48. The lowest BCUT2D eigenvalue weighted by Gasteiger charge is -1.87. The van der Waals surface area contributed by atoms with E-state index in [0.29, 0.717) is 11.8 Å². The molecule has 2 rings (SSSR count). The minimum absolute atomic E-state index is 0.162. The molecule has 2 aliphatic carbocycles. The molecule has 1 saturated carbocycles. The Labute approximate surface area is 58.2 Å². The molecule has 10 heavy (non-hydrogen) atoms. The molecule has 0 aliphatic heterocycles. The quantitative estimate of drug-likeness (QED) is 0.493. The third kappa shape index (κ3) is 0.789. The van der Waals surface area contributed by atoms with E-state index in [-0.39, 0.29) is 5.92 Å². The molecule has 0 nitrogen and oxygen atoms in total. The van der Waals surface area contributed by atoms with Crippen molar-refractivity contribution in [2.75, 3.05) is 0 Å². The Morgan fingerprint density at radius 3 is 2.80 bits per heavy atom. The molecule has 0 N–H and O–H groups in total. The highest BCUT2D eigenvalue weighted by molar-refractivity contribution is 5.22. The Balaban J connectivity index is 2.02. The summed E-state index contributed by atoms with van der Waals surface area (Å²) in [6.07, 6.45) is 4.70. The summed E-state index contributed by atoms with van der Waals surface area (Å²) < 4.78 is 23.3. The van der Waals surface area contributed by atoms with Crippen LogP contribution in [0.15, 0.2) is 24.3 Å². The molecule has 1 fully saturated rings. The molecule has 0 bridgehead atoms. The third-order valence-electron chi connectivity index (χ3n) is 2.38. The van der Waals surface area contributed by atoms with Crippen LogP contribution in [0.5, 0.6) is 0 Å². The Hall–Kier alpha value is -0.660. The predicted octanol–water partition coefficient (Wildman–Crippen LogP) is 2.59. The van der Waals surface area contributed by atoms with E-state index in [2.05, 4.69) is 12.2 Å². The molecule has 54 valence electrons. The molecular formula is C8H8F2. The summed E-state index contributed by atoms with van der Waals surface area (Å²) in [5, 5.41) is 0. The maximum atomic E-state index is 11.7. The van der Waals surface area contributed by atoms with E-state index in [9.17, 15) is 8.78 Å².